The maximum Gasteiger partial charge on any atom is 0.293 e. The molecule has 0 unspecified atom stereocenters. The Kier molecular flexibility index (Phi) is 4.39. The standard InChI is InChI=1S/C18H19N5O3/c1-25-14-5-2-3-6-15(14)26-13-7-11-22(12-8-13)17(24)16-20-18-19-9-4-10-23(18)21-16/h2-6,9-10,13H,7-8,11-12H2,1H3. The first-order valence-corrected chi connectivity index (χ1v) is 8.51. The Balaban J connectivity index is 1.39. The number of hydrogen-bond donors (Lipinski definition) is 0. The number of aromatic nitrogens is 4. The summed E-state index contributed by atoms with van der Waals surface area (Å²) < 4.78 is 12.9. The summed E-state index contributed by atoms with van der Waals surface area (Å²) in [4.78, 5) is 22.7. The number of amides is 1. The van der Waals surface area contributed by atoms with Gasteiger partial charge >= 0.3 is 0 Å². The molecule has 0 N–H and O–H groups in total. The van der Waals surface area contributed by atoms with Crippen molar-refractivity contribution in [1.29, 1.82) is 0 Å². The summed E-state index contributed by atoms with van der Waals surface area (Å²) in [6, 6.07) is 9.33. The molecule has 8 heteroatoms. The zero-order valence-corrected chi connectivity index (χ0v) is 14.4. The van der Waals surface area contributed by atoms with Gasteiger partial charge in [0.2, 0.25) is 5.82 Å². The van der Waals surface area contributed by atoms with E-state index >= 15 is 0 Å². The van der Waals surface area contributed by atoms with Crippen molar-refractivity contribution in [3.63, 3.8) is 0 Å². The second kappa shape index (κ2) is 6.99. The fourth-order valence-corrected chi connectivity index (χ4v) is 3.04. The van der Waals surface area contributed by atoms with Gasteiger partial charge < -0.3 is 14.4 Å². The third kappa shape index (κ3) is 3.17. The molecule has 3 aromatic rings. The zero-order valence-electron chi connectivity index (χ0n) is 14.4. The number of methoxy groups -OCH3 is 1. The maximum absolute atomic E-state index is 12.6. The molecule has 1 fully saturated rings. The molecule has 1 aromatic carbocycles. The average molecular weight is 353 g/mol. The molecule has 134 valence electrons. The van der Waals surface area contributed by atoms with Crippen molar-refractivity contribution in [1.82, 2.24) is 24.5 Å². The summed E-state index contributed by atoms with van der Waals surface area (Å²) in [6.45, 7) is 1.20. The highest BCUT2D eigenvalue weighted by Gasteiger charge is 2.27. The van der Waals surface area contributed by atoms with Gasteiger partial charge in [-0.2, -0.15) is 4.98 Å². The van der Waals surface area contributed by atoms with Crippen molar-refractivity contribution in [3.8, 4) is 11.5 Å². The smallest absolute Gasteiger partial charge is 0.293 e. The van der Waals surface area contributed by atoms with Crippen molar-refractivity contribution in [2.75, 3.05) is 20.2 Å². The van der Waals surface area contributed by atoms with E-state index in [1.54, 1.807) is 30.5 Å². The van der Waals surface area contributed by atoms with E-state index in [0.717, 1.165) is 18.6 Å². The van der Waals surface area contributed by atoms with Crippen LogP contribution in [0, 0.1) is 0 Å². The minimum atomic E-state index is -0.175. The number of carbonyl (C=O) groups is 1. The number of hydrogen-bond acceptors (Lipinski definition) is 6. The van der Waals surface area contributed by atoms with E-state index in [9.17, 15) is 4.79 Å². The van der Waals surface area contributed by atoms with Crippen LogP contribution >= 0.6 is 0 Å². The van der Waals surface area contributed by atoms with E-state index in [4.69, 9.17) is 9.47 Å². The first-order valence-electron chi connectivity index (χ1n) is 8.51. The van der Waals surface area contributed by atoms with E-state index < -0.39 is 0 Å². The van der Waals surface area contributed by atoms with Crippen LogP contribution < -0.4 is 9.47 Å². The first-order chi connectivity index (χ1) is 12.7. The number of piperidine rings is 1. The van der Waals surface area contributed by atoms with Crippen LogP contribution in [0.15, 0.2) is 42.7 Å². The number of para-hydroxylation sites is 2. The summed E-state index contributed by atoms with van der Waals surface area (Å²) in [5.74, 6) is 1.87. The second-order valence-electron chi connectivity index (χ2n) is 6.06. The van der Waals surface area contributed by atoms with Gasteiger partial charge in [-0.05, 0) is 18.2 Å². The van der Waals surface area contributed by atoms with Crippen molar-refractivity contribution >= 4 is 11.7 Å². The van der Waals surface area contributed by atoms with Gasteiger partial charge in [-0.15, -0.1) is 5.10 Å². The minimum absolute atomic E-state index is 0.0473. The Bertz CT molecular complexity index is 885. The molecule has 4 rings (SSSR count). The SMILES string of the molecule is COc1ccccc1OC1CCN(C(=O)c2nc3ncccn3n2)CC1. The van der Waals surface area contributed by atoms with Crippen LogP contribution in [0.25, 0.3) is 5.78 Å². The van der Waals surface area contributed by atoms with E-state index in [1.165, 1.54) is 4.52 Å². The largest absolute Gasteiger partial charge is 0.493 e. The van der Waals surface area contributed by atoms with Crippen LogP contribution in [-0.2, 0) is 0 Å². The molecule has 0 radical (unpaired) electrons. The van der Waals surface area contributed by atoms with E-state index in [2.05, 4.69) is 15.1 Å². The van der Waals surface area contributed by atoms with Gasteiger partial charge in [0.15, 0.2) is 11.5 Å². The number of nitrogens with zero attached hydrogens (tertiary/aromatic N) is 5. The Morgan fingerprint density at radius 3 is 2.65 bits per heavy atom. The highest BCUT2D eigenvalue weighted by Crippen LogP contribution is 2.29. The molecule has 1 amide bonds. The Morgan fingerprint density at radius 1 is 1.15 bits per heavy atom. The van der Waals surface area contributed by atoms with Gasteiger partial charge in [0.25, 0.3) is 11.7 Å². The van der Waals surface area contributed by atoms with E-state index in [1.807, 2.05) is 24.3 Å². The predicted molar refractivity (Wildman–Crippen MR) is 93.3 cm³/mol. The highest BCUT2D eigenvalue weighted by molar-refractivity contribution is 5.90. The molecule has 1 aliphatic heterocycles. The number of carbonyl (C=O) groups excluding carboxylic acids is 1. The third-order valence-corrected chi connectivity index (χ3v) is 4.40. The predicted octanol–water partition coefficient (Wildman–Crippen LogP) is 1.82. The molecule has 0 bridgehead atoms. The molecule has 0 aliphatic carbocycles. The monoisotopic (exact) mass is 353 g/mol. The lowest BCUT2D eigenvalue weighted by Gasteiger charge is -2.31. The molecule has 26 heavy (non-hydrogen) atoms. The van der Waals surface area contributed by atoms with Gasteiger partial charge in [0.05, 0.1) is 7.11 Å². The summed E-state index contributed by atoms with van der Waals surface area (Å²) in [6.07, 6.45) is 4.88. The van der Waals surface area contributed by atoms with Crippen LogP contribution in [-0.4, -0.2) is 56.7 Å². The molecule has 0 spiro atoms. The third-order valence-electron chi connectivity index (χ3n) is 4.40. The molecule has 1 saturated heterocycles. The average Bonchev–Trinajstić information content (AvgIpc) is 3.13. The van der Waals surface area contributed by atoms with Crippen molar-refractivity contribution < 1.29 is 14.3 Å². The van der Waals surface area contributed by atoms with Gasteiger partial charge in [-0.25, -0.2) is 9.50 Å². The molecule has 1 aliphatic rings. The summed E-state index contributed by atoms with van der Waals surface area (Å²) >= 11 is 0. The van der Waals surface area contributed by atoms with Crippen LogP contribution in [0.4, 0.5) is 0 Å². The molecule has 8 nitrogen and oxygen atoms in total. The lowest BCUT2D eigenvalue weighted by Crippen LogP contribution is -2.42. The van der Waals surface area contributed by atoms with Crippen molar-refractivity contribution in [3.05, 3.63) is 48.5 Å². The van der Waals surface area contributed by atoms with E-state index in [0.29, 0.717) is 24.6 Å². The quantitative estimate of drug-likeness (QED) is 0.712. The number of rotatable bonds is 4. The minimum Gasteiger partial charge on any atom is -0.493 e. The molecular formula is C18H19N5O3. The molecule has 0 saturated carbocycles. The first kappa shape index (κ1) is 16.3. The van der Waals surface area contributed by atoms with Crippen LogP contribution in [0.2, 0.25) is 0 Å². The summed E-state index contributed by atoms with van der Waals surface area (Å²) in [7, 11) is 1.63. The number of fused-ring (bicyclic) bond motifs is 1. The zero-order chi connectivity index (χ0) is 17.9. The lowest BCUT2D eigenvalue weighted by molar-refractivity contribution is 0.0579. The van der Waals surface area contributed by atoms with Gasteiger partial charge in [0.1, 0.15) is 6.10 Å². The molecule has 3 heterocycles. The summed E-state index contributed by atoms with van der Waals surface area (Å²) in [5.41, 5.74) is 0. The normalized spacial score (nSPS) is 15.2. The van der Waals surface area contributed by atoms with Crippen LogP contribution in [0.1, 0.15) is 23.5 Å². The van der Waals surface area contributed by atoms with E-state index in [-0.39, 0.29) is 17.8 Å². The molecular weight excluding hydrogens is 334 g/mol. The van der Waals surface area contributed by atoms with Gasteiger partial charge in [0, 0.05) is 38.3 Å². The molecule has 2 aromatic heterocycles. The molecule has 0 atom stereocenters. The van der Waals surface area contributed by atoms with Crippen LogP contribution in [0.3, 0.4) is 0 Å². The van der Waals surface area contributed by atoms with Gasteiger partial charge in [-0.1, -0.05) is 12.1 Å². The Labute approximate surface area is 150 Å². The number of likely N-dealkylation sites (tertiary alicyclic amines) is 1. The fourth-order valence-electron chi connectivity index (χ4n) is 3.04. The highest BCUT2D eigenvalue weighted by atomic mass is 16.5. The van der Waals surface area contributed by atoms with Crippen molar-refractivity contribution in [2.24, 2.45) is 0 Å². The maximum atomic E-state index is 12.6. The Morgan fingerprint density at radius 2 is 1.92 bits per heavy atom. The number of benzene rings is 1. The Hall–Kier alpha value is -3.16. The number of ether oxygens (including phenoxy) is 2. The lowest BCUT2D eigenvalue weighted by atomic mass is 10.1. The van der Waals surface area contributed by atoms with Crippen molar-refractivity contribution in [2.45, 2.75) is 18.9 Å². The summed E-state index contributed by atoms with van der Waals surface area (Å²) in [5, 5.41) is 4.20. The second-order valence-corrected chi connectivity index (χ2v) is 6.06. The fraction of sp³-hybridized carbons (Fsp3) is 0.333. The van der Waals surface area contributed by atoms with Gasteiger partial charge in [-0.3, -0.25) is 4.79 Å². The van der Waals surface area contributed by atoms with Crippen LogP contribution in [0.5, 0.6) is 11.5 Å². The topological polar surface area (TPSA) is 81.9 Å².